The zero-order valence-corrected chi connectivity index (χ0v) is 9.46. The van der Waals surface area contributed by atoms with Crippen LogP contribution in [0.2, 0.25) is 0 Å². The van der Waals surface area contributed by atoms with Gasteiger partial charge in [-0.1, -0.05) is 26.1 Å². The molecule has 0 aliphatic rings. The van der Waals surface area contributed by atoms with Crippen molar-refractivity contribution >= 4 is 12.2 Å². The van der Waals surface area contributed by atoms with Gasteiger partial charge in [0.05, 0.1) is 11.4 Å². The molecule has 0 aliphatic carbocycles. The van der Waals surface area contributed by atoms with Crippen LogP contribution in [0.1, 0.15) is 30.9 Å². The van der Waals surface area contributed by atoms with Crippen molar-refractivity contribution in [3.05, 3.63) is 21.7 Å². The first-order valence-electron chi connectivity index (χ1n) is 4.57. The minimum Gasteiger partial charge on any atom is -0.347 e. The van der Waals surface area contributed by atoms with Gasteiger partial charge in [0, 0.05) is 5.69 Å². The van der Waals surface area contributed by atoms with Gasteiger partial charge < -0.3 is 4.98 Å². The topological polar surface area (TPSA) is 28.7 Å². The summed E-state index contributed by atoms with van der Waals surface area (Å²) in [6.07, 6.45) is 0.955. The number of aromatic amines is 1. The van der Waals surface area contributed by atoms with Crippen LogP contribution in [-0.2, 0) is 6.42 Å². The molecule has 72 valence electrons. The molecule has 13 heavy (non-hydrogen) atoms. The smallest absolute Gasteiger partial charge is 0.125 e. The Balaban J connectivity index is 3.09. The van der Waals surface area contributed by atoms with Crippen LogP contribution in [0.15, 0.2) is 0 Å². The number of H-pyrrole nitrogens is 1. The maximum absolute atomic E-state index is 5.20. The molecule has 0 aliphatic heterocycles. The SMILES string of the molecule is Cc1nc(CC(C)C)c(=S)[nH]c1C. The molecule has 0 aromatic carbocycles. The first-order chi connectivity index (χ1) is 6.00. The second-order valence-electron chi connectivity index (χ2n) is 3.82. The quantitative estimate of drug-likeness (QED) is 0.737. The second-order valence-corrected chi connectivity index (χ2v) is 4.23. The van der Waals surface area contributed by atoms with Gasteiger partial charge in [-0.05, 0) is 26.2 Å². The minimum absolute atomic E-state index is 0.602. The molecule has 3 heteroatoms. The molecule has 0 atom stereocenters. The Kier molecular flexibility index (Phi) is 3.20. The molecule has 1 rings (SSSR count). The Morgan fingerprint density at radius 3 is 2.54 bits per heavy atom. The number of aromatic nitrogens is 2. The van der Waals surface area contributed by atoms with Gasteiger partial charge in [-0.15, -0.1) is 0 Å². The molecular weight excluding hydrogens is 180 g/mol. The van der Waals surface area contributed by atoms with E-state index in [-0.39, 0.29) is 0 Å². The Hall–Kier alpha value is -0.700. The Bertz CT molecular complexity index is 352. The summed E-state index contributed by atoms with van der Waals surface area (Å²) >= 11 is 5.20. The summed E-state index contributed by atoms with van der Waals surface area (Å²) in [6, 6.07) is 0. The summed E-state index contributed by atoms with van der Waals surface area (Å²) in [5.41, 5.74) is 3.13. The lowest BCUT2D eigenvalue weighted by molar-refractivity contribution is 0.629. The van der Waals surface area contributed by atoms with E-state index in [0.29, 0.717) is 5.92 Å². The highest BCUT2D eigenvalue weighted by Gasteiger charge is 2.03. The second kappa shape index (κ2) is 4.01. The van der Waals surface area contributed by atoms with E-state index in [9.17, 15) is 0 Å². The van der Waals surface area contributed by atoms with Gasteiger partial charge in [-0.25, -0.2) is 0 Å². The fourth-order valence-electron chi connectivity index (χ4n) is 1.19. The standard InChI is InChI=1S/C10H16N2S/c1-6(2)5-9-10(13)12-8(4)7(3)11-9/h6H,5H2,1-4H3,(H,12,13). The van der Waals surface area contributed by atoms with E-state index in [1.165, 1.54) is 0 Å². The average molecular weight is 196 g/mol. The molecule has 2 nitrogen and oxygen atoms in total. The molecule has 0 saturated heterocycles. The normalized spacial score (nSPS) is 10.8. The molecular formula is C10H16N2S. The molecule has 0 fully saturated rings. The van der Waals surface area contributed by atoms with Gasteiger partial charge in [-0.2, -0.15) is 0 Å². The Labute approximate surface area is 84.4 Å². The lowest BCUT2D eigenvalue weighted by atomic mass is 10.1. The van der Waals surface area contributed by atoms with Gasteiger partial charge in [0.2, 0.25) is 0 Å². The predicted molar refractivity (Wildman–Crippen MR) is 57.4 cm³/mol. The van der Waals surface area contributed by atoms with Crippen LogP contribution >= 0.6 is 12.2 Å². The Morgan fingerprint density at radius 2 is 2.00 bits per heavy atom. The van der Waals surface area contributed by atoms with Crippen LogP contribution in [0, 0.1) is 24.4 Å². The highest BCUT2D eigenvalue weighted by atomic mass is 32.1. The molecule has 0 saturated carbocycles. The third kappa shape index (κ3) is 2.62. The molecule has 1 aromatic rings. The summed E-state index contributed by atoms with van der Waals surface area (Å²) in [7, 11) is 0. The van der Waals surface area contributed by atoms with Crippen LogP contribution in [0.5, 0.6) is 0 Å². The van der Waals surface area contributed by atoms with Crippen LogP contribution in [0.3, 0.4) is 0 Å². The molecule has 0 spiro atoms. The zero-order valence-electron chi connectivity index (χ0n) is 8.64. The van der Waals surface area contributed by atoms with Crippen molar-refractivity contribution in [1.82, 2.24) is 9.97 Å². The van der Waals surface area contributed by atoms with Gasteiger partial charge in [0.15, 0.2) is 0 Å². The van der Waals surface area contributed by atoms with Gasteiger partial charge in [0.1, 0.15) is 4.64 Å². The number of hydrogen-bond acceptors (Lipinski definition) is 2. The fourth-order valence-corrected chi connectivity index (χ4v) is 1.48. The maximum Gasteiger partial charge on any atom is 0.125 e. The highest BCUT2D eigenvalue weighted by molar-refractivity contribution is 7.71. The van der Waals surface area contributed by atoms with Crippen molar-refractivity contribution in [2.24, 2.45) is 5.92 Å². The lowest BCUT2D eigenvalue weighted by Gasteiger charge is -2.07. The minimum atomic E-state index is 0.602. The fraction of sp³-hybridized carbons (Fsp3) is 0.600. The van der Waals surface area contributed by atoms with E-state index in [4.69, 9.17) is 12.2 Å². The largest absolute Gasteiger partial charge is 0.347 e. The van der Waals surface area contributed by atoms with E-state index in [2.05, 4.69) is 23.8 Å². The summed E-state index contributed by atoms with van der Waals surface area (Å²) < 4.78 is 0.789. The number of rotatable bonds is 2. The number of nitrogens with zero attached hydrogens (tertiary/aromatic N) is 1. The number of hydrogen-bond donors (Lipinski definition) is 1. The third-order valence-electron chi connectivity index (χ3n) is 2.01. The molecule has 0 radical (unpaired) electrons. The van der Waals surface area contributed by atoms with Crippen LogP contribution in [0.25, 0.3) is 0 Å². The molecule has 0 amide bonds. The van der Waals surface area contributed by atoms with E-state index in [0.717, 1.165) is 28.1 Å². The zero-order chi connectivity index (χ0) is 10.0. The summed E-state index contributed by atoms with van der Waals surface area (Å²) in [6.45, 7) is 8.35. The molecule has 1 aromatic heterocycles. The van der Waals surface area contributed by atoms with Gasteiger partial charge in [-0.3, -0.25) is 4.98 Å². The van der Waals surface area contributed by atoms with Crippen molar-refractivity contribution < 1.29 is 0 Å². The Morgan fingerprint density at radius 1 is 1.38 bits per heavy atom. The van der Waals surface area contributed by atoms with E-state index in [1.54, 1.807) is 0 Å². The average Bonchev–Trinajstić information content (AvgIpc) is 1.99. The first-order valence-corrected chi connectivity index (χ1v) is 4.98. The van der Waals surface area contributed by atoms with Crippen molar-refractivity contribution in [2.75, 3.05) is 0 Å². The van der Waals surface area contributed by atoms with Crippen LogP contribution in [-0.4, -0.2) is 9.97 Å². The highest BCUT2D eigenvalue weighted by Crippen LogP contribution is 2.08. The van der Waals surface area contributed by atoms with Crippen LogP contribution in [0.4, 0.5) is 0 Å². The van der Waals surface area contributed by atoms with Crippen molar-refractivity contribution in [3.8, 4) is 0 Å². The summed E-state index contributed by atoms with van der Waals surface area (Å²) in [5, 5.41) is 0. The summed E-state index contributed by atoms with van der Waals surface area (Å²) in [5.74, 6) is 0.602. The van der Waals surface area contributed by atoms with E-state index in [1.807, 2.05) is 13.8 Å². The third-order valence-corrected chi connectivity index (χ3v) is 2.35. The van der Waals surface area contributed by atoms with Crippen molar-refractivity contribution in [2.45, 2.75) is 34.1 Å². The molecule has 0 bridgehead atoms. The maximum atomic E-state index is 5.20. The van der Waals surface area contributed by atoms with Crippen molar-refractivity contribution in [3.63, 3.8) is 0 Å². The molecule has 1 heterocycles. The number of nitrogens with one attached hydrogen (secondary N) is 1. The van der Waals surface area contributed by atoms with Crippen LogP contribution < -0.4 is 0 Å². The first kappa shape index (κ1) is 10.4. The van der Waals surface area contributed by atoms with E-state index >= 15 is 0 Å². The monoisotopic (exact) mass is 196 g/mol. The van der Waals surface area contributed by atoms with Gasteiger partial charge >= 0.3 is 0 Å². The van der Waals surface area contributed by atoms with Crippen molar-refractivity contribution in [1.29, 1.82) is 0 Å². The lowest BCUT2D eigenvalue weighted by Crippen LogP contribution is -2.03. The predicted octanol–water partition coefficient (Wildman–Crippen LogP) is 2.95. The summed E-state index contributed by atoms with van der Waals surface area (Å²) in [4.78, 5) is 7.64. The molecule has 1 N–H and O–H groups in total. The van der Waals surface area contributed by atoms with E-state index < -0.39 is 0 Å². The van der Waals surface area contributed by atoms with Gasteiger partial charge in [0.25, 0.3) is 0 Å². The molecule has 0 unspecified atom stereocenters. The number of aryl methyl sites for hydroxylation is 2.